The molecule has 0 radical (unpaired) electrons. The SMILES string of the molecule is OC(Cc1cccc(F)c1F)c1c(F)cccc1F. The Balaban J connectivity index is 2.31. The van der Waals surface area contributed by atoms with Gasteiger partial charge in [-0.25, -0.2) is 17.6 Å². The third kappa shape index (κ3) is 2.76. The third-order valence-corrected chi connectivity index (χ3v) is 2.78. The molecule has 5 heteroatoms. The zero-order chi connectivity index (χ0) is 14.0. The van der Waals surface area contributed by atoms with Crippen molar-refractivity contribution in [2.24, 2.45) is 0 Å². The Hall–Kier alpha value is -1.88. The average Bonchev–Trinajstić information content (AvgIpc) is 2.35. The van der Waals surface area contributed by atoms with E-state index in [-0.39, 0.29) is 5.56 Å². The molecule has 0 aliphatic carbocycles. The molecule has 1 N–H and O–H groups in total. The van der Waals surface area contributed by atoms with Gasteiger partial charge in [-0.2, -0.15) is 0 Å². The molecule has 2 aromatic rings. The van der Waals surface area contributed by atoms with Crippen molar-refractivity contribution in [1.29, 1.82) is 0 Å². The first-order chi connectivity index (χ1) is 9.00. The molecule has 0 saturated heterocycles. The van der Waals surface area contributed by atoms with E-state index in [0.29, 0.717) is 0 Å². The zero-order valence-corrected chi connectivity index (χ0v) is 9.71. The largest absolute Gasteiger partial charge is 0.388 e. The number of hydrogen-bond donors (Lipinski definition) is 1. The number of halogens is 4. The van der Waals surface area contributed by atoms with Gasteiger partial charge in [0.25, 0.3) is 0 Å². The molecule has 0 aliphatic heterocycles. The Labute approximate surface area is 107 Å². The number of benzene rings is 2. The summed E-state index contributed by atoms with van der Waals surface area (Å²) in [6.45, 7) is 0. The van der Waals surface area contributed by atoms with Crippen molar-refractivity contribution in [1.82, 2.24) is 0 Å². The summed E-state index contributed by atoms with van der Waals surface area (Å²) in [7, 11) is 0. The minimum absolute atomic E-state index is 0.143. The van der Waals surface area contributed by atoms with Gasteiger partial charge >= 0.3 is 0 Å². The second-order valence-electron chi connectivity index (χ2n) is 4.07. The van der Waals surface area contributed by atoms with Crippen LogP contribution in [0.3, 0.4) is 0 Å². The summed E-state index contributed by atoms with van der Waals surface area (Å²) in [5, 5.41) is 9.78. The van der Waals surface area contributed by atoms with Gasteiger partial charge in [-0.05, 0) is 23.8 Å². The lowest BCUT2D eigenvalue weighted by atomic mass is 10.00. The van der Waals surface area contributed by atoms with Crippen LogP contribution >= 0.6 is 0 Å². The minimum Gasteiger partial charge on any atom is -0.388 e. The van der Waals surface area contributed by atoms with E-state index in [1.165, 1.54) is 12.1 Å². The topological polar surface area (TPSA) is 20.2 Å². The standard InChI is InChI=1S/C14H10F4O/c15-9-4-2-5-10(16)13(9)12(19)7-8-3-1-6-11(17)14(8)18/h1-6,12,19H,7H2. The van der Waals surface area contributed by atoms with Crippen LogP contribution < -0.4 is 0 Å². The summed E-state index contributed by atoms with van der Waals surface area (Å²) >= 11 is 0. The van der Waals surface area contributed by atoms with Gasteiger partial charge in [-0.3, -0.25) is 0 Å². The van der Waals surface area contributed by atoms with Crippen LogP contribution in [-0.2, 0) is 6.42 Å². The van der Waals surface area contributed by atoms with Crippen LogP contribution in [0.4, 0.5) is 17.6 Å². The second kappa shape index (κ2) is 5.40. The lowest BCUT2D eigenvalue weighted by Crippen LogP contribution is -2.08. The molecule has 19 heavy (non-hydrogen) atoms. The van der Waals surface area contributed by atoms with Gasteiger partial charge < -0.3 is 5.11 Å². The van der Waals surface area contributed by atoms with Gasteiger partial charge in [0, 0.05) is 6.42 Å². The van der Waals surface area contributed by atoms with E-state index in [4.69, 9.17) is 0 Å². The number of aliphatic hydroxyl groups is 1. The highest BCUT2D eigenvalue weighted by molar-refractivity contribution is 5.26. The van der Waals surface area contributed by atoms with E-state index < -0.39 is 41.4 Å². The van der Waals surface area contributed by atoms with Crippen molar-refractivity contribution in [2.75, 3.05) is 0 Å². The van der Waals surface area contributed by atoms with Crippen molar-refractivity contribution in [3.63, 3.8) is 0 Å². The van der Waals surface area contributed by atoms with Crippen LogP contribution in [0, 0.1) is 23.3 Å². The van der Waals surface area contributed by atoms with E-state index in [1.807, 2.05) is 0 Å². The van der Waals surface area contributed by atoms with E-state index >= 15 is 0 Å². The summed E-state index contributed by atoms with van der Waals surface area (Å²) in [5.74, 6) is -4.05. The van der Waals surface area contributed by atoms with E-state index in [2.05, 4.69) is 0 Å². The van der Waals surface area contributed by atoms with Crippen molar-refractivity contribution in [2.45, 2.75) is 12.5 Å². The smallest absolute Gasteiger partial charge is 0.162 e. The Morgan fingerprint density at radius 3 is 2.00 bits per heavy atom. The van der Waals surface area contributed by atoms with Crippen LogP contribution in [-0.4, -0.2) is 5.11 Å². The fraction of sp³-hybridized carbons (Fsp3) is 0.143. The molecular weight excluding hydrogens is 260 g/mol. The quantitative estimate of drug-likeness (QED) is 0.846. The minimum atomic E-state index is -1.59. The molecule has 100 valence electrons. The van der Waals surface area contributed by atoms with Crippen LogP contribution in [0.15, 0.2) is 36.4 Å². The van der Waals surface area contributed by atoms with Gasteiger partial charge in [-0.1, -0.05) is 18.2 Å². The molecule has 0 bridgehead atoms. The first-order valence-electron chi connectivity index (χ1n) is 5.55. The van der Waals surface area contributed by atoms with Crippen molar-refractivity contribution < 1.29 is 22.7 Å². The molecule has 0 amide bonds. The highest BCUT2D eigenvalue weighted by Crippen LogP contribution is 2.25. The molecule has 0 heterocycles. The number of hydrogen-bond acceptors (Lipinski definition) is 1. The summed E-state index contributed by atoms with van der Waals surface area (Å²) < 4.78 is 53.2. The van der Waals surface area contributed by atoms with Gasteiger partial charge in [0.2, 0.25) is 0 Å². The number of aliphatic hydroxyl groups excluding tert-OH is 1. The normalized spacial score (nSPS) is 12.5. The molecule has 1 nitrogen and oxygen atoms in total. The summed E-state index contributed by atoms with van der Waals surface area (Å²) in [5.41, 5.74) is -0.693. The number of rotatable bonds is 3. The lowest BCUT2D eigenvalue weighted by molar-refractivity contribution is 0.167. The van der Waals surface area contributed by atoms with Gasteiger partial charge in [0.1, 0.15) is 11.6 Å². The molecule has 2 aromatic carbocycles. The molecule has 0 saturated carbocycles. The van der Waals surface area contributed by atoms with E-state index in [1.54, 1.807) is 0 Å². The van der Waals surface area contributed by atoms with E-state index in [9.17, 15) is 22.7 Å². The van der Waals surface area contributed by atoms with Crippen LogP contribution in [0.25, 0.3) is 0 Å². The van der Waals surface area contributed by atoms with E-state index in [0.717, 1.165) is 24.3 Å². The molecule has 0 fully saturated rings. The zero-order valence-electron chi connectivity index (χ0n) is 9.71. The van der Waals surface area contributed by atoms with Gasteiger partial charge in [-0.15, -0.1) is 0 Å². The third-order valence-electron chi connectivity index (χ3n) is 2.78. The first-order valence-corrected chi connectivity index (χ1v) is 5.55. The monoisotopic (exact) mass is 270 g/mol. The Bertz CT molecular complexity index is 578. The summed E-state index contributed by atoms with van der Waals surface area (Å²) in [4.78, 5) is 0. The molecule has 1 unspecified atom stereocenters. The predicted molar refractivity (Wildman–Crippen MR) is 61.4 cm³/mol. The highest BCUT2D eigenvalue weighted by Gasteiger charge is 2.20. The van der Waals surface area contributed by atoms with Gasteiger partial charge in [0.05, 0.1) is 11.7 Å². The summed E-state index contributed by atoms with van der Waals surface area (Å²) in [6, 6.07) is 6.57. The highest BCUT2D eigenvalue weighted by atomic mass is 19.2. The molecular formula is C14H10F4O. The fourth-order valence-electron chi connectivity index (χ4n) is 1.85. The first kappa shape index (κ1) is 13.5. The fourth-order valence-corrected chi connectivity index (χ4v) is 1.85. The van der Waals surface area contributed by atoms with Crippen molar-refractivity contribution in [3.8, 4) is 0 Å². The summed E-state index contributed by atoms with van der Waals surface area (Å²) in [6.07, 6.45) is -2.00. The van der Waals surface area contributed by atoms with Crippen LogP contribution in [0.2, 0.25) is 0 Å². The maximum Gasteiger partial charge on any atom is 0.162 e. The Kier molecular flexibility index (Phi) is 3.85. The maximum atomic E-state index is 13.4. The average molecular weight is 270 g/mol. The molecule has 1 atom stereocenters. The lowest BCUT2D eigenvalue weighted by Gasteiger charge is -2.13. The molecule has 0 aromatic heterocycles. The maximum absolute atomic E-state index is 13.4. The Morgan fingerprint density at radius 2 is 1.37 bits per heavy atom. The molecule has 0 spiro atoms. The second-order valence-corrected chi connectivity index (χ2v) is 4.07. The Morgan fingerprint density at radius 1 is 0.842 bits per heavy atom. The molecule has 0 aliphatic rings. The van der Waals surface area contributed by atoms with Crippen LogP contribution in [0.1, 0.15) is 17.2 Å². The van der Waals surface area contributed by atoms with Gasteiger partial charge in [0.15, 0.2) is 11.6 Å². The molecule has 2 rings (SSSR count). The van der Waals surface area contributed by atoms with Crippen molar-refractivity contribution >= 4 is 0 Å². The van der Waals surface area contributed by atoms with Crippen molar-refractivity contribution in [3.05, 3.63) is 70.8 Å². The predicted octanol–water partition coefficient (Wildman–Crippen LogP) is 3.52. The van der Waals surface area contributed by atoms with Crippen LogP contribution in [0.5, 0.6) is 0 Å².